The lowest BCUT2D eigenvalue weighted by atomic mass is 10.1. The molecule has 1 amide bonds. The van der Waals surface area contributed by atoms with Crippen LogP contribution < -0.4 is 21.3 Å². The molecule has 30 heavy (non-hydrogen) atoms. The molecule has 15 heteroatoms. The summed E-state index contributed by atoms with van der Waals surface area (Å²) in [5.74, 6) is -0.752. The Kier molecular flexibility index (Phi) is 5.35. The van der Waals surface area contributed by atoms with Gasteiger partial charge in [0.05, 0.1) is 18.6 Å². The van der Waals surface area contributed by atoms with Crippen molar-refractivity contribution in [1.29, 1.82) is 0 Å². The van der Waals surface area contributed by atoms with Crippen molar-refractivity contribution in [2.75, 3.05) is 12.4 Å². The van der Waals surface area contributed by atoms with Gasteiger partial charge in [0.2, 0.25) is 11.6 Å². The molecule has 0 aliphatic carbocycles. The van der Waals surface area contributed by atoms with Gasteiger partial charge in [-0.2, -0.15) is 5.10 Å². The van der Waals surface area contributed by atoms with Crippen molar-refractivity contribution < 1.29 is 14.5 Å². The van der Waals surface area contributed by atoms with Gasteiger partial charge in [0.15, 0.2) is 0 Å². The second-order valence-corrected chi connectivity index (χ2v) is 5.98. The smallest absolute Gasteiger partial charge is 0.347 e. The number of ether oxygens (including phenoxy) is 1. The third kappa shape index (κ3) is 3.75. The molecule has 1 N–H and O–H groups in total. The number of tetrazole rings is 1. The van der Waals surface area contributed by atoms with Crippen LogP contribution in [0.5, 0.6) is 5.75 Å². The van der Waals surface area contributed by atoms with Crippen LogP contribution in [0.4, 0.5) is 11.6 Å². The van der Waals surface area contributed by atoms with Gasteiger partial charge >= 0.3 is 5.69 Å². The number of non-ortho nitro benzene ring substituents is 1. The molecule has 2 aromatic heterocycles. The first-order valence-electron chi connectivity index (χ1n) is 8.26. The predicted molar refractivity (Wildman–Crippen MR) is 99.2 cm³/mol. The van der Waals surface area contributed by atoms with Crippen molar-refractivity contribution in [2.45, 2.75) is 6.54 Å². The highest BCUT2D eigenvalue weighted by atomic mass is 16.6. The van der Waals surface area contributed by atoms with E-state index in [-0.39, 0.29) is 29.5 Å². The molecule has 2 heterocycles. The lowest BCUT2D eigenvalue weighted by Crippen LogP contribution is -2.44. The van der Waals surface area contributed by atoms with Crippen molar-refractivity contribution in [3.63, 3.8) is 0 Å². The third-order valence-corrected chi connectivity index (χ3v) is 4.07. The molecule has 0 aliphatic heterocycles. The number of anilines is 1. The maximum Gasteiger partial charge on any atom is 0.347 e. The number of aryl methyl sites for hydroxylation is 2. The molecule has 0 saturated carbocycles. The summed E-state index contributed by atoms with van der Waals surface area (Å²) in [5.41, 5.74) is -2.48. The van der Waals surface area contributed by atoms with Crippen LogP contribution in [0, 0.1) is 10.1 Å². The fourth-order valence-electron chi connectivity index (χ4n) is 2.58. The average Bonchev–Trinajstić information content (AvgIpc) is 3.12. The van der Waals surface area contributed by atoms with Crippen molar-refractivity contribution in [2.24, 2.45) is 14.1 Å². The maximum atomic E-state index is 12.8. The number of amides is 1. The summed E-state index contributed by atoms with van der Waals surface area (Å²) in [6, 6.07) is 3.75. The summed E-state index contributed by atoms with van der Waals surface area (Å²) in [6.45, 7) is -0.384. The van der Waals surface area contributed by atoms with E-state index in [1.807, 2.05) is 0 Å². The highest BCUT2D eigenvalue weighted by Crippen LogP contribution is 2.24. The largest absolute Gasteiger partial charge is 0.496 e. The Balaban J connectivity index is 2.06. The molecule has 0 atom stereocenters. The number of nitrogens with zero attached hydrogens (tertiary/aromatic N) is 8. The van der Waals surface area contributed by atoms with E-state index in [1.165, 1.54) is 39.4 Å². The molecule has 0 radical (unpaired) electrons. The molecule has 0 spiro atoms. The number of nitro benzene ring substituents is 1. The first-order valence-corrected chi connectivity index (χ1v) is 8.26. The van der Waals surface area contributed by atoms with E-state index < -0.39 is 27.8 Å². The Morgan fingerprint density at radius 3 is 2.60 bits per heavy atom. The van der Waals surface area contributed by atoms with E-state index >= 15 is 0 Å². The zero-order valence-corrected chi connectivity index (χ0v) is 16.0. The Labute approximate surface area is 166 Å². The highest BCUT2D eigenvalue weighted by molar-refractivity contribution is 6.01. The van der Waals surface area contributed by atoms with E-state index in [1.54, 1.807) is 0 Å². The number of methoxy groups -OCH3 is 1. The summed E-state index contributed by atoms with van der Waals surface area (Å²) in [6.07, 6.45) is 0. The number of hydrogen-bond donors (Lipinski definition) is 1. The molecule has 3 aromatic rings. The minimum absolute atomic E-state index is 0.0399. The van der Waals surface area contributed by atoms with E-state index in [9.17, 15) is 24.5 Å². The quantitative estimate of drug-likeness (QED) is 0.373. The van der Waals surface area contributed by atoms with Crippen LogP contribution in [-0.2, 0) is 20.6 Å². The number of hydrogen-bond acceptors (Lipinski definition) is 10. The van der Waals surface area contributed by atoms with Crippen molar-refractivity contribution >= 4 is 17.5 Å². The van der Waals surface area contributed by atoms with Crippen LogP contribution in [0.25, 0.3) is 0 Å². The molecule has 15 nitrogen and oxygen atoms in total. The number of nitrogens with one attached hydrogen (secondary N) is 1. The van der Waals surface area contributed by atoms with E-state index in [2.05, 4.69) is 25.9 Å². The normalized spacial score (nSPS) is 10.6. The lowest BCUT2D eigenvalue weighted by Gasteiger charge is -2.12. The van der Waals surface area contributed by atoms with Crippen LogP contribution in [0.1, 0.15) is 16.1 Å². The van der Waals surface area contributed by atoms with Crippen LogP contribution in [0.3, 0.4) is 0 Å². The van der Waals surface area contributed by atoms with Gasteiger partial charge in [-0.25, -0.2) is 14.2 Å². The Morgan fingerprint density at radius 2 is 2.00 bits per heavy atom. The summed E-state index contributed by atoms with van der Waals surface area (Å²) in [7, 11) is 4.06. The number of aromatic nitrogens is 7. The Hall–Kier alpha value is -4.43. The fourth-order valence-corrected chi connectivity index (χ4v) is 2.58. The second kappa shape index (κ2) is 7.90. The number of carbonyl (C=O) groups excluding carboxylic acids is 1. The van der Waals surface area contributed by atoms with Gasteiger partial charge in [-0.05, 0) is 16.5 Å². The van der Waals surface area contributed by atoms with E-state index in [4.69, 9.17) is 4.74 Å². The molecule has 0 aliphatic rings. The summed E-state index contributed by atoms with van der Waals surface area (Å²) in [4.78, 5) is 48.2. The molecule has 0 bridgehead atoms. The molecule has 1 aromatic carbocycles. The number of carbonyl (C=O) groups is 1. The summed E-state index contributed by atoms with van der Waals surface area (Å²) < 4.78 is 7.84. The lowest BCUT2D eigenvalue weighted by molar-refractivity contribution is -0.384. The Morgan fingerprint density at radius 1 is 1.27 bits per heavy atom. The number of rotatable bonds is 6. The molecule has 3 rings (SSSR count). The van der Waals surface area contributed by atoms with Crippen molar-refractivity contribution in [3.05, 3.63) is 60.4 Å². The first-order chi connectivity index (χ1) is 14.2. The standard InChI is InChI=1S/C15H15N9O6/c1-21-14(17-19-20-21)16-12(25)11-13(26)23(15(27)22(2)18-11)7-8-6-9(24(28)29)4-5-10(8)30-3/h4-6H,7H2,1-3H3,(H,16,17,20,25). The summed E-state index contributed by atoms with van der Waals surface area (Å²) in [5, 5.41) is 27.6. The van der Waals surface area contributed by atoms with Gasteiger partial charge in [0.25, 0.3) is 17.2 Å². The molecular weight excluding hydrogens is 402 g/mol. The number of nitro groups is 1. The first kappa shape index (κ1) is 20.3. The highest BCUT2D eigenvalue weighted by Gasteiger charge is 2.22. The van der Waals surface area contributed by atoms with Crippen LogP contribution in [0.2, 0.25) is 0 Å². The average molecular weight is 417 g/mol. The minimum Gasteiger partial charge on any atom is -0.496 e. The summed E-state index contributed by atoms with van der Waals surface area (Å²) >= 11 is 0. The monoisotopic (exact) mass is 417 g/mol. The van der Waals surface area contributed by atoms with Crippen molar-refractivity contribution in [1.82, 2.24) is 34.6 Å². The Bertz CT molecular complexity index is 1260. The van der Waals surface area contributed by atoms with Gasteiger partial charge in [-0.15, -0.1) is 0 Å². The fraction of sp³-hybridized carbons (Fsp3) is 0.267. The van der Waals surface area contributed by atoms with Gasteiger partial charge < -0.3 is 4.74 Å². The molecule has 0 fully saturated rings. The zero-order chi connectivity index (χ0) is 22.0. The zero-order valence-electron chi connectivity index (χ0n) is 16.0. The van der Waals surface area contributed by atoms with Crippen LogP contribution >= 0.6 is 0 Å². The predicted octanol–water partition coefficient (Wildman–Crippen LogP) is -1.32. The second-order valence-electron chi connectivity index (χ2n) is 5.98. The van der Waals surface area contributed by atoms with E-state index in [0.717, 1.165) is 13.9 Å². The van der Waals surface area contributed by atoms with Crippen LogP contribution in [-0.4, -0.2) is 52.5 Å². The van der Waals surface area contributed by atoms with Gasteiger partial charge in [-0.3, -0.25) is 29.6 Å². The van der Waals surface area contributed by atoms with E-state index in [0.29, 0.717) is 0 Å². The van der Waals surface area contributed by atoms with Gasteiger partial charge in [-0.1, -0.05) is 5.10 Å². The minimum atomic E-state index is -1.00. The molecule has 0 unspecified atom stereocenters. The molecule has 0 saturated heterocycles. The molecular formula is C15H15N9O6. The van der Waals surface area contributed by atoms with Crippen LogP contribution in [0.15, 0.2) is 27.8 Å². The molecule has 156 valence electrons. The van der Waals surface area contributed by atoms with Gasteiger partial charge in [0.1, 0.15) is 5.75 Å². The third-order valence-electron chi connectivity index (χ3n) is 4.07. The topological polar surface area (TPSA) is 182 Å². The maximum absolute atomic E-state index is 12.8. The van der Waals surface area contributed by atoms with Crippen molar-refractivity contribution in [3.8, 4) is 5.75 Å². The number of benzene rings is 1. The van der Waals surface area contributed by atoms with Gasteiger partial charge in [0, 0.05) is 31.8 Å². The SMILES string of the molecule is COc1ccc([N+](=O)[O-])cc1Cn1c(=O)c(C(=O)Nc2nnnn2C)nn(C)c1=O.